The summed E-state index contributed by atoms with van der Waals surface area (Å²) in [7, 11) is 0. The lowest BCUT2D eigenvalue weighted by Crippen LogP contribution is -2.12. The molecule has 0 bridgehead atoms. The molecule has 25 heavy (non-hydrogen) atoms. The van der Waals surface area contributed by atoms with Gasteiger partial charge < -0.3 is 10.6 Å². The lowest BCUT2D eigenvalue weighted by atomic mass is 10.2. The molecule has 1 aromatic carbocycles. The number of thiazole rings is 1. The van der Waals surface area contributed by atoms with Crippen LogP contribution in [0, 0.1) is 0 Å². The molecule has 2 aromatic heterocycles. The number of benzene rings is 1. The number of thiophene rings is 1. The van der Waals surface area contributed by atoms with Crippen molar-refractivity contribution in [3.8, 4) is 9.88 Å². The van der Waals surface area contributed by atoms with Crippen LogP contribution in [0.5, 0.6) is 0 Å². The van der Waals surface area contributed by atoms with Gasteiger partial charge in [-0.15, -0.1) is 22.7 Å². The first kappa shape index (κ1) is 17.6. The van der Waals surface area contributed by atoms with Crippen molar-refractivity contribution in [2.24, 2.45) is 0 Å². The number of hydrogen-bond donors (Lipinski definition) is 2. The zero-order valence-electron chi connectivity index (χ0n) is 13.2. The number of rotatable bonds is 5. The Morgan fingerprint density at radius 3 is 2.36 bits per heavy atom. The van der Waals surface area contributed by atoms with E-state index in [4.69, 9.17) is 11.6 Å². The minimum Gasteiger partial charge on any atom is -0.326 e. The molecule has 3 rings (SSSR count). The summed E-state index contributed by atoms with van der Waals surface area (Å²) in [4.78, 5) is 29.0. The molecule has 2 N–H and O–H groups in total. The molecule has 0 aliphatic heterocycles. The number of nitrogens with one attached hydrogen (secondary N) is 2. The molecule has 2 amide bonds. The predicted molar refractivity (Wildman–Crippen MR) is 104 cm³/mol. The Morgan fingerprint density at radius 1 is 1.08 bits per heavy atom. The second-order valence-corrected chi connectivity index (χ2v) is 7.65. The molecule has 0 radical (unpaired) electrons. The highest BCUT2D eigenvalue weighted by Gasteiger charge is 2.13. The van der Waals surface area contributed by atoms with Crippen LogP contribution in [0.1, 0.15) is 23.8 Å². The van der Waals surface area contributed by atoms with E-state index in [0.717, 1.165) is 9.88 Å². The third-order valence-electron chi connectivity index (χ3n) is 3.27. The Bertz CT molecular complexity index is 903. The third-order valence-corrected chi connectivity index (χ3v) is 5.51. The molecule has 0 aliphatic rings. The molecule has 5 nitrogen and oxygen atoms in total. The summed E-state index contributed by atoms with van der Waals surface area (Å²) in [5, 5.41) is 8.03. The van der Waals surface area contributed by atoms with Gasteiger partial charge in [-0.25, -0.2) is 4.98 Å². The van der Waals surface area contributed by atoms with E-state index in [1.165, 1.54) is 22.7 Å². The fourth-order valence-corrected chi connectivity index (χ4v) is 3.92. The number of aromatic nitrogens is 1. The molecule has 3 aromatic rings. The fourth-order valence-electron chi connectivity index (χ4n) is 2.00. The van der Waals surface area contributed by atoms with Crippen LogP contribution in [-0.2, 0) is 4.79 Å². The molecule has 0 saturated carbocycles. The molecule has 0 saturated heterocycles. The van der Waals surface area contributed by atoms with Gasteiger partial charge in [0.05, 0.1) is 9.21 Å². The minimum absolute atomic E-state index is 0.0551. The van der Waals surface area contributed by atoms with E-state index in [1.807, 2.05) is 12.1 Å². The van der Waals surface area contributed by atoms with Crippen LogP contribution in [0.2, 0.25) is 4.34 Å². The van der Waals surface area contributed by atoms with Crippen molar-refractivity contribution in [1.82, 2.24) is 4.98 Å². The summed E-state index contributed by atoms with van der Waals surface area (Å²) in [5.74, 6) is -0.337. The van der Waals surface area contributed by atoms with Gasteiger partial charge in [0.15, 0.2) is 0 Å². The van der Waals surface area contributed by atoms with Crippen molar-refractivity contribution in [2.75, 3.05) is 10.6 Å². The largest absolute Gasteiger partial charge is 0.326 e. The smallest absolute Gasteiger partial charge is 0.275 e. The van der Waals surface area contributed by atoms with E-state index in [1.54, 1.807) is 36.6 Å². The predicted octanol–water partition coefficient (Wildman–Crippen LogP) is 5.13. The first-order valence-corrected chi connectivity index (χ1v) is 9.55. The summed E-state index contributed by atoms with van der Waals surface area (Å²) < 4.78 is 0.687. The van der Waals surface area contributed by atoms with E-state index in [2.05, 4.69) is 15.6 Å². The molecule has 2 heterocycles. The Balaban J connectivity index is 1.66. The van der Waals surface area contributed by atoms with Gasteiger partial charge in [-0.2, -0.15) is 0 Å². The highest BCUT2D eigenvalue weighted by Crippen LogP contribution is 2.33. The Labute approximate surface area is 157 Å². The third kappa shape index (κ3) is 4.45. The molecule has 0 unspecified atom stereocenters. The quantitative estimate of drug-likeness (QED) is 0.633. The number of carbonyl (C=O) groups is 2. The number of hydrogen-bond acceptors (Lipinski definition) is 5. The van der Waals surface area contributed by atoms with Crippen molar-refractivity contribution in [2.45, 2.75) is 13.3 Å². The van der Waals surface area contributed by atoms with Gasteiger partial charge in [-0.3, -0.25) is 9.59 Å². The van der Waals surface area contributed by atoms with Crippen molar-refractivity contribution in [1.29, 1.82) is 0 Å². The standard InChI is InChI=1S/C17H14ClN3O2S2/c1-2-15(22)19-10-3-5-11(6-4-10)20-16(23)12-9-24-17(21-12)13-7-8-14(18)25-13/h3-9H,2H2,1H3,(H,19,22)(H,20,23). The average molecular weight is 392 g/mol. The molecule has 0 spiro atoms. The summed E-state index contributed by atoms with van der Waals surface area (Å²) in [6, 6.07) is 10.6. The maximum atomic E-state index is 12.3. The molecule has 8 heteroatoms. The lowest BCUT2D eigenvalue weighted by molar-refractivity contribution is -0.115. The maximum Gasteiger partial charge on any atom is 0.275 e. The van der Waals surface area contributed by atoms with Crippen LogP contribution in [0.15, 0.2) is 41.8 Å². The second kappa shape index (κ2) is 7.77. The average Bonchev–Trinajstić information content (AvgIpc) is 3.25. The molecule has 0 fully saturated rings. The van der Waals surface area contributed by atoms with Crippen molar-refractivity contribution in [3.05, 3.63) is 51.8 Å². The zero-order valence-corrected chi connectivity index (χ0v) is 15.6. The molecular weight excluding hydrogens is 378 g/mol. The summed E-state index contributed by atoms with van der Waals surface area (Å²) in [6.45, 7) is 1.79. The molecule has 0 atom stereocenters. The monoisotopic (exact) mass is 391 g/mol. The maximum absolute atomic E-state index is 12.3. The van der Waals surface area contributed by atoms with Crippen LogP contribution in [-0.4, -0.2) is 16.8 Å². The van der Waals surface area contributed by atoms with Crippen LogP contribution < -0.4 is 10.6 Å². The first-order valence-electron chi connectivity index (χ1n) is 7.47. The lowest BCUT2D eigenvalue weighted by Gasteiger charge is -2.06. The summed E-state index contributed by atoms with van der Waals surface area (Å²) in [6.07, 6.45) is 0.417. The van der Waals surface area contributed by atoms with Gasteiger partial charge in [0.25, 0.3) is 5.91 Å². The van der Waals surface area contributed by atoms with Crippen LogP contribution in [0.4, 0.5) is 11.4 Å². The van der Waals surface area contributed by atoms with Crippen molar-refractivity contribution < 1.29 is 9.59 Å². The Hall–Kier alpha value is -2.22. The summed E-state index contributed by atoms with van der Waals surface area (Å²) >= 11 is 8.75. The molecule has 128 valence electrons. The fraction of sp³-hybridized carbons (Fsp3) is 0.118. The van der Waals surface area contributed by atoms with Crippen LogP contribution in [0.3, 0.4) is 0 Å². The minimum atomic E-state index is -0.282. The van der Waals surface area contributed by atoms with Gasteiger partial charge in [0.1, 0.15) is 10.7 Å². The van der Waals surface area contributed by atoms with Crippen LogP contribution in [0.25, 0.3) is 9.88 Å². The van der Waals surface area contributed by atoms with Crippen molar-refractivity contribution in [3.63, 3.8) is 0 Å². The van der Waals surface area contributed by atoms with E-state index in [-0.39, 0.29) is 11.8 Å². The Kier molecular flexibility index (Phi) is 5.47. The number of carbonyl (C=O) groups excluding carboxylic acids is 2. The van der Waals surface area contributed by atoms with E-state index in [9.17, 15) is 9.59 Å². The van der Waals surface area contributed by atoms with Crippen LogP contribution >= 0.6 is 34.3 Å². The SMILES string of the molecule is CCC(=O)Nc1ccc(NC(=O)c2csc(-c3ccc(Cl)s3)n2)cc1. The number of nitrogens with zero attached hydrogens (tertiary/aromatic N) is 1. The number of halogens is 1. The number of amides is 2. The zero-order chi connectivity index (χ0) is 17.8. The van der Waals surface area contributed by atoms with Gasteiger partial charge in [-0.1, -0.05) is 18.5 Å². The van der Waals surface area contributed by atoms with E-state index in [0.29, 0.717) is 27.8 Å². The van der Waals surface area contributed by atoms with Crippen molar-refractivity contribution >= 4 is 57.5 Å². The van der Waals surface area contributed by atoms with Gasteiger partial charge in [-0.05, 0) is 36.4 Å². The van der Waals surface area contributed by atoms with E-state index < -0.39 is 0 Å². The second-order valence-electron chi connectivity index (χ2n) is 5.07. The molecule has 0 aliphatic carbocycles. The van der Waals surface area contributed by atoms with Gasteiger partial charge >= 0.3 is 0 Å². The van der Waals surface area contributed by atoms with Gasteiger partial charge in [0.2, 0.25) is 5.91 Å². The first-order chi connectivity index (χ1) is 12.0. The topological polar surface area (TPSA) is 71.1 Å². The molecular formula is C17H14ClN3O2S2. The van der Waals surface area contributed by atoms with Gasteiger partial charge in [0, 0.05) is 23.2 Å². The summed E-state index contributed by atoms with van der Waals surface area (Å²) in [5.41, 5.74) is 1.68. The highest BCUT2D eigenvalue weighted by atomic mass is 35.5. The number of anilines is 2. The normalized spacial score (nSPS) is 10.5. The Morgan fingerprint density at radius 2 is 1.76 bits per heavy atom. The highest BCUT2D eigenvalue weighted by molar-refractivity contribution is 7.23. The van der Waals surface area contributed by atoms with E-state index >= 15 is 0 Å².